The molecular weight excluding hydrogens is 252 g/mol. The van der Waals surface area contributed by atoms with Gasteiger partial charge in [-0.2, -0.15) is 0 Å². The molecule has 2 rings (SSSR count). The molecule has 0 heterocycles. The molecule has 0 spiro atoms. The number of para-hydroxylation sites is 1. The predicted octanol–water partition coefficient (Wildman–Crippen LogP) is 3.37. The van der Waals surface area contributed by atoms with E-state index in [1.807, 2.05) is 48.5 Å². The van der Waals surface area contributed by atoms with Gasteiger partial charge in [-0.1, -0.05) is 37.3 Å². The molecule has 106 valence electrons. The van der Waals surface area contributed by atoms with Crippen molar-refractivity contribution in [3.05, 3.63) is 59.7 Å². The Hall–Kier alpha value is -2.00. The molecule has 0 aliphatic rings. The highest BCUT2D eigenvalue weighted by atomic mass is 16.5. The molecule has 20 heavy (non-hydrogen) atoms. The second-order valence-corrected chi connectivity index (χ2v) is 4.56. The van der Waals surface area contributed by atoms with Crippen LogP contribution in [0.2, 0.25) is 0 Å². The van der Waals surface area contributed by atoms with Crippen molar-refractivity contribution in [2.45, 2.75) is 19.4 Å². The van der Waals surface area contributed by atoms with Crippen LogP contribution in [0.15, 0.2) is 48.5 Å². The fourth-order valence-electron chi connectivity index (χ4n) is 2.03. The van der Waals surface area contributed by atoms with Crippen LogP contribution in [0, 0.1) is 0 Å². The Balaban J connectivity index is 1.98. The minimum atomic E-state index is -0.647. The van der Waals surface area contributed by atoms with E-state index >= 15 is 0 Å². The summed E-state index contributed by atoms with van der Waals surface area (Å²) in [5.41, 5.74) is 1.97. The van der Waals surface area contributed by atoms with E-state index in [-0.39, 0.29) is 6.61 Å². The highest BCUT2D eigenvalue weighted by Crippen LogP contribution is 2.22. The van der Waals surface area contributed by atoms with Gasteiger partial charge >= 0.3 is 0 Å². The van der Waals surface area contributed by atoms with Gasteiger partial charge in [0.2, 0.25) is 0 Å². The Morgan fingerprint density at radius 2 is 1.75 bits per heavy atom. The second-order valence-electron chi connectivity index (χ2n) is 4.56. The van der Waals surface area contributed by atoms with E-state index in [4.69, 9.17) is 9.47 Å². The Bertz CT molecular complexity index is 534. The van der Waals surface area contributed by atoms with E-state index in [1.165, 1.54) is 0 Å². The summed E-state index contributed by atoms with van der Waals surface area (Å²) < 4.78 is 10.8. The van der Waals surface area contributed by atoms with Crippen LogP contribution in [0.3, 0.4) is 0 Å². The zero-order valence-corrected chi connectivity index (χ0v) is 11.9. The van der Waals surface area contributed by atoms with E-state index < -0.39 is 6.10 Å². The average Bonchev–Trinajstić information content (AvgIpc) is 2.53. The summed E-state index contributed by atoms with van der Waals surface area (Å²) in [5, 5.41) is 10.1. The molecule has 0 aliphatic heterocycles. The lowest BCUT2D eigenvalue weighted by atomic mass is 10.1. The van der Waals surface area contributed by atoms with Gasteiger partial charge in [0.05, 0.1) is 7.11 Å². The minimum absolute atomic E-state index is 0.239. The zero-order valence-electron chi connectivity index (χ0n) is 11.9. The molecule has 1 unspecified atom stereocenters. The average molecular weight is 272 g/mol. The van der Waals surface area contributed by atoms with Gasteiger partial charge < -0.3 is 14.6 Å². The van der Waals surface area contributed by atoms with Gasteiger partial charge in [-0.3, -0.25) is 0 Å². The van der Waals surface area contributed by atoms with E-state index in [9.17, 15) is 5.11 Å². The Morgan fingerprint density at radius 1 is 1.05 bits per heavy atom. The summed E-state index contributed by atoms with van der Waals surface area (Å²) in [6, 6.07) is 15.3. The third-order valence-corrected chi connectivity index (χ3v) is 3.25. The molecule has 0 saturated carbocycles. The molecular formula is C17H20O3. The van der Waals surface area contributed by atoms with Crippen LogP contribution >= 0.6 is 0 Å². The van der Waals surface area contributed by atoms with E-state index in [2.05, 4.69) is 6.92 Å². The molecule has 3 heteroatoms. The number of aryl methyl sites for hydroxylation is 1. The van der Waals surface area contributed by atoms with Crippen LogP contribution in [-0.2, 0) is 6.42 Å². The number of aliphatic hydroxyl groups is 1. The molecule has 0 saturated heterocycles. The van der Waals surface area contributed by atoms with E-state index in [1.54, 1.807) is 7.11 Å². The van der Waals surface area contributed by atoms with Crippen LogP contribution < -0.4 is 9.47 Å². The van der Waals surface area contributed by atoms with Crippen LogP contribution in [0.1, 0.15) is 24.2 Å². The van der Waals surface area contributed by atoms with Gasteiger partial charge in [-0.05, 0) is 35.7 Å². The fourth-order valence-corrected chi connectivity index (χ4v) is 2.03. The van der Waals surface area contributed by atoms with Crippen molar-refractivity contribution < 1.29 is 14.6 Å². The predicted molar refractivity (Wildman–Crippen MR) is 79.3 cm³/mol. The smallest absolute Gasteiger partial charge is 0.122 e. The summed E-state index contributed by atoms with van der Waals surface area (Å²) in [4.78, 5) is 0. The zero-order chi connectivity index (χ0) is 14.4. The SMILES string of the molecule is CCc1ccccc1OCC(O)c1ccc(OC)cc1. The molecule has 3 nitrogen and oxygen atoms in total. The van der Waals surface area contributed by atoms with Crippen molar-refractivity contribution in [1.29, 1.82) is 0 Å². The third kappa shape index (κ3) is 3.52. The topological polar surface area (TPSA) is 38.7 Å². The number of methoxy groups -OCH3 is 1. The van der Waals surface area contributed by atoms with Gasteiger partial charge in [-0.25, -0.2) is 0 Å². The van der Waals surface area contributed by atoms with E-state index in [0.29, 0.717) is 0 Å². The highest BCUT2D eigenvalue weighted by molar-refractivity contribution is 5.33. The van der Waals surface area contributed by atoms with Gasteiger partial charge in [0, 0.05) is 0 Å². The van der Waals surface area contributed by atoms with Crippen LogP contribution in [-0.4, -0.2) is 18.8 Å². The number of hydrogen-bond acceptors (Lipinski definition) is 3. The van der Waals surface area contributed by atoms with Crippen molar-refractivity contribution in [2.75, 3.05) is 13.7 Å². The molecule has 0 aromatic heterocycles. The first-order valence-electron chi connectivity index (χ1n) is 6.77. The standard InChI is InChI=1S/C17H20O3/c1-3-13-6-4-5-7-17(13)20-12-16(18)14-8-10-15(19-2)11-9-14/h4-11,16,18H,3,12H2,1-2H3. The van der Waals surface area contributed by atoms with Gasteiger partial charge in [0.25, 0.3) is 0 Å². The maximum Gasteiger partial charge on any atom is 0.122 e. The first kappa shape index (κ1) is 14.4. The monoisotopic (exact) mass is 272 g/mol. The molecule has 0 radical (unpaired) electrons. The summed E-state index contributed by atoms with van der Waals surface area (Å²) in [5.74, 6) is 1.61. The Kier molecular flexibility index (Phi) is 5.02. The van der Waals surface area contributed by atoms with Gasteiger partial charge in [0.15, 0.2) is 0 Å². The number of aliphatic hydroxyl groups excluding tert-OH is 1. The lowest BCUT2D eigenvalue weighted by Gasteiger charge is -2.15. The maximum absolute atomic E-state index is 10.1. The summed E-state index contributed by atoms with van der Waals surface area (Å²) in [6.07, 6.45) is 0.264. The van der Waals surface area contributed by atoms with Crippen LogP contribution in [0.4, 0.5) is 0 Å². The van der Waals surface area contributed by atoms with Crippen LogP contribution in [0.5, 0.6) is 11.5 Å². The molecule has 2 aromatic rings. The molecule has 2 aromatic carbocycles. The minimum Gasteiger partial charge on any atom is -0.497 e. The third-order valence-electron chi connectivity index (χ3n) is 3.25. The molecule has 0 fully saturated rings. The molecule has 1 atom stereocenters. The largest absolute Gasteiger partial charge is 0.497 e. The Labute approximate surface area is 119 Å². The molecule has 0 aliphatic carbocycles. The summed E-state index contributed by atoms with van der Waals surface area (Å²) in [7, 11) is 1.62. The second kappa shape index (κ2) is 6.96. The highest BCUT2D eigenvalue weighted by Gasteiger charge is 2.10. The van der Waals surface area contributed by atoms with Crippen molar-refractivity contribution in [1.82, 2.24) is 0 Å². The van der Waals surface area contributed by atoms with Gasteiger partial charge in [-0.15, -0.1) is 0 Å². The number of hydrogen-bond donors (Lipinski definition) is 1. The number of ether oxygens (including phenoxy) is 2. The first-order valence-corrected chi connectivity index (χ1v) is 6.77. The summed E-state index contributed by atoms with van der Waals surface area (Å²) >= 11 is 0. The first-order chi connectivity index (χ1) is 9.74. The summed E-state index contributed by atoms with van der Waals surface area (Å²) in [6.45, 7) is 2.32. The van der Waals surface area contributed by atoms with Crippen molar-refractivity contribution in [3.8, 4) is 11.5 Å². The van der Waals surface area contributed by atoms with E-state index in [0.717, 1.165) is 29.0 Å². The van der Waals surface area contributed by atoms with Crippen LogP contribution in [0.25, 0.3) is 0 Å². The van der Waals surface area contributed by atoms with Crippen molar-refractivity contribution >= 4 is 0 Å². The number of benzene rings is 2. The quantitative estimate of drug-likeness (QED) is 0.876. The lowest BCUT2D eigenvalue weighted by Crippen LogP contribution is -2.10. The molecule has 0 bridgehead atoms. The molecule has 1 N–H and O–H groups in total. The molecule has 0 amide bonds. The fraction of sp³-hybridized carbons (Fsp3) is 0.294. The maximum atomic E-state index is 10.1. The van der Waals surface area contributed by atoms with Crippen molar-refractivity contribution in [3.63, 3.8) is 0 Å². The lowest BCUT2D eigenvalue weighted by molar-refractivity contribution is 0.107. The van der Waals surface area contributed by atoms with Crippen molar-refractivity contribution in [2.24, 2.45) is 0 Å². The van der Waals surface area contributed by atoms with Gasteiger partial charge in [0.1, 0.15) is 24.2 Å². The Morgan fingerprint density at radius 3 is 2.40 bits per heavy atom. The number of rotatable bonds is 6. The normalized spacial score (nSPS) is 11.9.